The zero-order valence-corrected chi connectivity index (χ0v) is 11.8. The molecule has 0 aromatic carbocycles. The van der Waals surface area contributed by atoms with Gasteiger partial charge in [-0.3, -0.25) is 4.98 Å². The van der Waals surface area contributed by atoms with Gasteiger partial charge in [0.2, 0.25) is 0 Å². The van der Waals surface area contributed by atoms with Crippen LogP contribution in [0.15, 0.2) is 24.0 Å². The molecule has 0 aliphatic heterocycles. The Balaban J connectivity index is 2.92. The number of alkyl halides is 3. The Labute approximate surface area is 124 Å². The lowest BCUT2D eigenvalue weighted by atomic mass is 10.2. The van der Waals surface area contributed by atoms with Crippen LogP contribution < -0.4 is 5.32 Å². The minimum absolute atomic E-state index is 0.0156. The van der Waals surface area contributed by atoms with Crippen molar-refractivity contribution >= 4 is 23.4 Å². The molecule has 1 aromatic rings. The van der Waals surface area contributed by atoms with Crippen LogP contribution >= 0.6 is 11.6 Å². The first-order chi connectivity index (χ1) is 9.74. The highest BCUT2D eigenvalue weighted by Crippen LogP contribution is 2.27. The van der Waals surface area contributed by atoms with Gasteiger partial charge >= 0.3 is 12.1 Å². The van der Waals surface area contributed by atoms with Crippen molar-refractivity contribution < 1.29 is 22.7 Å². The Hall–Kier alpha value is -1.83. The molecule has 1 unspecified atom stereocenters. The van der Waals surface area contributed by atoms with Crippen LogP contribution in [-0.2, 0) is 15.7 Å². The summed E-state index contributed by atoms with van der Waals surface area (Å²) in [5, 5.41) is 2.67. The minimum atomic E-state index is -4.62. The number of halogens is 4. The van der Waals surface area contributed by atoms with Crippen molar-refractivity contribution in [3.8, 4) is 0 Å². The van der Waals surface area contributed by atoms with Crippen LogP contribution in [0.1, 0.15) is 19.0 Å². The molecule has 1 atom stereocenters. The first-order valence-electron chi connectivity index (χ1n) is 5.89. The third-order valence-electron chi connectivity index (χ3n) is 2.24. The standard InChI is InChI=1S/C12H13ClF3N3O2/c1-3-21-11(20)8(4-7(2)13)18-10-6-17-5-9(19-10)12(14,15)16/h5-6,8H,2-4H2,1H3,(H,18,19). The van der Waals surface area contributed by atoms with Crippen molar-refractivity contribution in [2.24, 2.45) is 0 Å². The van der Waals surface area contributed by atoms with Gasteiger partial charge < -0.3 is 10.1 Å². The fraction of sp³-hybridized carbons (Fsp3) is 0.417. The van der Waals surface area contributed by atoms with E-state index in [0.29, 0.717) is 6.20 Å². The largest absolute Gasteiger partial charge is 0.464 e. The fourth-order valence-electron chi connectivity index (χ4n) is 1.41. The Bertz CT molecular complexity index is 523. The maximum atomic E-state index is 12.5. The number of carbonyl (C=O) groups excluding carboxylic acids is 1. The van der Waals surface area contributed by atoms with Gasteiger partial charge in [-0.15, -0.1) is 0 Å². The van der Waals surface area contributed by atoms with E-state index in [1.165, 1.54) is 0 Å². The number of nitrogens with zero attached hydrogens (tertiary/aromatic N) is 2. The first kappa shape index (κ1) is 17.2. The summed E-state index contributed by atoms with van der Waals surface area (Å²) < 4.78 is 42.4. The summed E-state index contributed by atoms with van der Waals surface area (Å²) in [6, 6.07) is -0.993. The summed E-state index contributed by atoms with van der Waals surface area (Å²) in [6.07, 6.45) is -2.98. The van der Waals surface area contributed by atoms with Gasteiger partial charge in [-0.1, -0.05) is 18.2 Å². The highest BCUT2D eigenvalue weighted by Gasteiger charge is 2.33. The average molecular weight is 324 g/mol. The quantitative estimate of drug-likeness (QED) is 0.815. The molecule has 0 saturated heterocycles. The number of esters is 1. The van der Waals surface area contributed by atoms with E-state index >= 15 is 0 Å². The lowest BCUT2D eigenvalue weighted by Gasteiger charge is -2.17. The molecule has 1 N–H and O–H groups in total. The van der Waals surface area contributed by atoms with Crippen LogP contribution in [0.3, 0.4) is 0 Å². The third-order valence-corrected chi connectivity index (χ3v) is 2.40. The lowest BCUT2D eigenvalue weighted by molar-refractivity contribution is -0.144. The second kappa shape index (κ2) is 7.26. The molecular formula is C12H13ClF3N3O2. The van der Waals surface area contributed by atoms with Gasteiger partial charge in [0.25, 0.3) is 0 Å². The molecule has 1 aromatic heterocycles. The van der Waals surface area contributed by atoms with Crippen molar-refractivity contribution in [1.82, 2.24) is 9.97 Å². The lowest BCUT2D eigenvalue weighted by Crippen LogP contribution is -2.32. The predicted octanol–water partition coefficient (Wildman–Crippen LogP) is 2.98. The maximum absolute atomic E-state index is 12.5. The molecule has 5 nitrogen and oxygen atoms in total. The molecule has 0 fully saturated rings. The number of hydrogen-bond donors (Lipinski definition) is 1. The van der Waals surface area contributed by atoms with E-state index in [4.69, 9.17) is 16.3 Å². The van der Waals surface area contributed by atoms with Gasteiger partial charge in [0.05, 0.1) is 19.0 Å². The smallest absolute Gasteiger partial charge is 0.434 e. The molecule has 0 saturated carbocycles. The molecular weight excluding hydrogens is 311 g/mol. The zero-order valence-electron chi connectivity index (χ0n) is 11.1. The van der Waals surface area contributed by atoms with Gasteiger partial charge in [0.1, 0.15) is 11.9 Å². The molecule has 0 radical (unpaired) electrons. The highest BCUT2D eigenvalue weighted by molar-refractivity contribution is 6.29. The highest BCUT2D eigenvalue weighted by atomic mass is 35.5. The van der Waals surface area contributed by atoms with E-state index in [1.54, 1.807) is 6.92 Å². The van der Waals surface area contributed by atoms with E-state index in [1.807, 2.05) is 0 Å². The summed E-state index contributed by atoms with van der Waals surface area (Å²) in [5.74, 6) is -0.876. The first-order valence-corrected chi connectivity index (χ1v) is 6.27. The SMILES string of the molecule is C=C(Cl)CC(Nc1cncc(C(F)(F)F)n1)C(=O)OCC. The number of ether oxygens (including phenoxy) is 1. The minimum Gasteiger partial charge on any atom is -0.464 e. The molecule has 0 bridgehead atoms. The summed E-state index contributed by atoms with van der Waals surface area (Å²) in [4.78, 5) is 18.5. The van der Waals surface area contributed by atoms with Gasteiger partial charge in [0, 0.05) is 11.5 Å². The van der Waals surface area contributed by atoms with Crippen LogP contribution in [0.4, 0.5) is 19.0 Å². The molecule has 9 heteroatoms. The number of anilines is 1. The van der Waals surface area contributed by atoms with Crippen LogP contribution in [0.2, 0.25) is 0 Å². The number of rotatable bonds is 6. The Kier molecular flexibility index (Phi) is 5.95. The van der Waals surface area contributed by atoms with Crippen molar-refractivity contribution in [2.75, 3.05) is 11.9 Å². The zero-order chi connectivity index (χ0) is 16.0. The van der Waals surface area contributed by atoms with Crippen LogP contribution in [0, 0.1) is 0 Å². The Morgan fingerprint density at radius 1 is 1.52 bits per heavy atom. The average Bonchev–Trinajstić information content (AvgIpc) is 2.37. The molecule has 0 aliphatic carbocycles. The summed E-state index contributed by atoms with van der Waals surface area (Å²) in [7, 11) is 0. The van der Waals surface area contributed by atoms with Crippen LogP contribution in [0.25, 0.3) is 0 Å². The van der Waals surface area contributed by atoms with Crippen molar-refractivity contribution in [2.45, 2.75) is 25.6 Å². The van der Waals surface area contributed by atoms with Crippen molar-refractivity contribution in [3.05, 3.63) is 29.7 Å². The van der Waals surface area contributed by atoms with Gasteiger partial charge in [-0.05, 0) is 6.92 Å². The van der Waals surface area contributed by atoms with Crippen LogP contribution in [0.5, 0.6) is 0 Å². The van der Waals surface area contributed by atoms with E-state index in [-0.39, 0.29) is 23.9 Å². The normalized spacial score (nSPS) is 12.6. The van der Waals surface area contributed by atoms with Crippen molar-refractivity contribution in [1.29, 1.82) is 0 Å². The maximum Gasteiger partial charge on any atom is 0.434 e. The number of hydrogen-bond acceptors (Lipinski definition) is 5. The van der Waals surface area contributed by atoms with E-state index in [2.05, 4.69) is 21.9 Å². The fourth-order valence-corrected chi connectivity index (χ4v) is 1.56. The van der Waals surface area contributed by atoms with Gasteiger partial charge in [-0.25, -0.2) is 9.78 Å². The number of carbonyl (C=O) groups is 1. The van der Waals surface area contributed by atoms with E-state index in [9.17, 15) is 18.0 Å². The molecule has 1 heterocycles. The second-order valence-corrected chi connectivity index (χ2v) is 4.49. The second-order valence-electron chi connectivity index (χ2n) is 3.96. The Morgan fingerprint density at radius 3 is 2.71 bits per heavy atom. The van der Waals surface area contributed by atoms with E-state index in [0.717, 1.165) is 6.20 Å². The monoisotopic (exact) mass is 323 g/mol. The van der Waals surface area contributed by atoms with Gasteiger partial charge in [-0.2, -0.15) is 13.2 Å². The topological polar surface area (TPSA) is 64.1 Å². The molecule has 0 amide bonds. The van der Waals surface area contributed by atoms with Gasteiger partial charge in [0.15, 0.2) is 5.69 Å². The molecule has 0 spiro atoms. The van der Waals surface area contributed by atoms with Crippen molar-refractivity contribution in [3.63, 3.8) is 0 Å². The molecule has 21 heavy (non-hydrogen) atoms. The van der Waals surface area contributed by atoms with Crippen LogP contribution in [-0.4, -0.2) is 28.6 Å². The molecule has 116 valence electrons. The predicted molar refractivity (Wildman–Crippen MR) is 70.7 cm³/mol. The molecule has 1 rings (SSSR count). The summed E-state index contributed by atoms with van der Waals surface area (Å²) >= 11 is 5.63. The third kappa shape index (κ3) is 5.58. The summed E-state index contributed by atoms with van der Waals surface area (Å²) in [5.41, 5.74) is -1.17. The number of nitrogens with one attached hydrogen (secondary N) is 1. The summed E-state index contributed by atoms with van der Waals surface area (Å²) in [6.45, 7) is 5.17. The Morgan fingerprint density at radius 2 is 2.19 bits per heavy atom. The number of aromatic nitrogens is 2. The van der Waals surface area contributed by atoms with E-state index < -0.39 is 23.9 Å². The molecule has 0 aliphatic rings.